The van der Waals surface area contributed by atoms with E-state index in [2.05, 4.69) is 40.6 Å². The van der Waals surface area contributed by atoms with Crippen molar-refractivity contribution in [3.8, 4) is 0 Å². The topological polar surface area (TPSA) is 61.4 Å². The Balaban J connectivity index is 2.12. The first kappa shape index (κ1) is 17.6. The van der Waals surface area contributed by atoms with E-state index in [1.165, 1.54) is 22.5 Å². The first-order chi connectivity index (χ1) is 12.0. The molecule has 0 aliphatic carbocycles. The van der Waals surface area contributed by atoms with Crippen molar-refractivity contribution in [2.45, 2.75) is 27.3 Å². The van der Waals surface area contributed by atoms with Gasteiger partial charge in [0.2, 0.25) is 0 Å². The molecule has 2 heterocycles. The molecule has 0 saturated heterocycles. The predicted octanol–water partition coefficient (Wildman–Crippen LogP) is 2.83. The quantitative estimate of drug-likeness (QED) is 0.659. The van der Waals surface area contributed by atoms with Crippen LogP contribution in [0.3, 0.4) is 0 Å². The molecule has 0 fully saturated rings. The van der Waals surface area contributed by atoms with Crippen molar-refractivity contribution in [1.29, 1.82) is 0 Å². The van der Waals surface area contributed by atoms with Gasteiger partial charge in [-0.2, -0.15) is 10.1 Å². The smallest absolute Gasteiger partial charge is 0.300 e. The Bertz CT molecular complexity index is 981. The molecule has 0 aliphatic rings. The number of fused-ring (bicyclic) bond motifs is 1. The minimum absolute atomic E-state index is 0.327. The highest BCUT2D eigenvalue weighted by Crippen LogP contribution is 2.23. The summed E-state index contributed by atoms with van der Waals surface area (Å²) in [5, 5.41) is 4.14. The zero-order chi connectivity index (χ0) is 18.0. The van der Waals surface area contributed by atoms with Crippen LogP contribution in [0.2, 0.25) is 0 Å². The lowest BCUT2D eigenvalue weighted by Gasteiger charge is -2.06. The van der Waals surface area contributed by atoms with Crippen molar-refractivity contribution in [3.05, 3.63) is 46.0 Å². The van der Waals surface area contributed by atoms with Gasteiger partial charge in [0.1, 0.15) is 0 Å². The highest BCUT2D eigenvalue weighted by molar-refractivity contribution is 7.16. The number of aromatic nitrogens is 3. The van der Waals surface area contributed by atoms with Crippen molar-refractivity contribution in [1.82, 2.24) is 14.3 Å². The van der Waals surface area contributed by atoms with Gasteiger partial charge in [-0.25, -0.2) is 0 Å². The van der Waals surface area contributed by atoms with Crippen molar-refractivity contribution in [2.75, 3.05) is 13.2 Å². The first-order valence-electron chi connectivity index (χ1n) is 8.26. The van der Waals surface area contributed by atoms with Gasteiger partial charge in [-0.05, 0) is 44.0 Å². The van der Waals surface area contributed by atoms with E-state index in [1.54, 1.807) is 24.0 Å². The number of amides is 1. The Labute approximate surface area is 150 Å². The van der Waals surface area contributed by atoms with E-state index < -0.39 is 0 Å². The van der Waals surface area contributed by atoms with Gasteiger partial charge in [-0.15, -0.1) is 0 Å². The summed E-state index contributed by atoms with van der Waals surface area (Å²) in [6.45, 7) is 8.04. The minimum Gasteiger partial charge on any atom is -0.380 e. The van der Waals surface area contributed by atoms with Crippen LogP contribution in [0, 0.1) is 13.8 Å². The van der Waals surface area contributed by atoms with Gasteiger partial charge in [0, 0.05) is 26.4 Å². The second-order valence-corrected chi connectivity index (χ2v) is 6.93. The molecule has 7 heteroatoms. The average molecular weight is 358 g/mol. The number of hydrogen-bond donors (Lipinski definition) is 0. The zero-order valence-corrected chi connectivity index (χ0v) is 15.8. The van der Waals surface area contributed by atoms with Crippen LogP contribution >= 0.6 is 11.3 Å². The molecule has 6 nitrogen and oxygen atoms in total. The van der Waals surface area contributed by atoms with Crippen LogP contribution in [-0.2, 0) is 18.3 Å². The lowest BCUT2D eigenvalue weighted by molar-refractivity contribution is 0.0991. The third-order valence-electron chi connectivity index (χ3n) is 3.91. The molecule has 0 aliphatic heterocycles. The maximum Gasteiger partial charge on any atom is 0.300 e. The molecule has 1 aromatic carbocycles. The molecular weight excluding hydrogens is 336 g/mol. The van der Waals surface area contributed by atoms with E-state index in [0.717, 1.165) is 10.2 Å². The molecule has 1 amide bonds. The summed E-state index contributed by atoms with van der Waals surface area (Å²) in [6, 6.07) is 5.96. The fraction of sp³-hybridized carbons (Fsp3) is 0.389. The molecule has 0 radical (unpaired) electrons. The molecule has 0 saturated carbocycles. The summed E-state index contributed by atoms with van der Waals surface area (Å²) in [5.41, 5.74) is 3.83. The molecule has 0 spiro atoms. The molecule has 25 heavy (non-hydrogen) atoms. The normalized spacial score (nSPS) is 12.2. The Morgan fingerprint density at radius 1 is 1.36 bits per heavy atom. The molecule has 0 atom stereocenters. The van der Waals surface area contributed by atoms with Crippen molar-refractivity contribution >= 4 is 27.5 Å². The van der Waals surface area contributed by atoms with Gasteiger partial charge in [-0.3, -0.25) is 9.48 Å². The number of hydrogen-bond acceptors (Lipinski definition) is 4. The number of nitrogens with zero attached hydrogens (tertiary/aromatic N) is 4. The maximum atomic E-state index is 12.5. The molecule has 3 rings (SSSR count). The molecule has 132 valence electrons. The maximum absolute atomic E-state index is 12.5. The standard InChI is InChI=1S/C18H22N4O2S/c1-5-24-9-8-22-15-11-12(2)10-13(3)16(15)25-18(22)19-17(23)14-6-7-21(4)20-14/h6-7,10-11H,5,8-9H2,1-4H3. The van der Waals surface area contributed by atoms with Gasteiger partial charge in [0.25, 0.3) is 5.91 Å². The Morgan fingerprint density at radius 2 is 2.16 bits per heavy atom. The second-order valence-electron chi connectivity index (χ2n) is 5.95. The highest BCUT2D eigenvalue weighted by Gasteiger charge is 2.12. The molecule has 0 bridgehead atoms. The van der Waals surface area contributed by atoms with Crippen LogP contribution in [-0.4, -0.2) is 33.5 Å². The largest absolute Gasteiger partial charge is 0.380 e. The van der Waals surface area contributed by atoms with Gasteiger partial charge < -0.3 is 9.30 Å². The van der Waals surface area contributed by atoms with Crippen molar-refractivity contribution in [2.24, 2.45) is 12.0 Å². The number of ether oxygens (including phenoxy) is 1. The number of thiazole rings is 1. The van der Waals surface area contributed by atoms with Crippen LogP contribution in [0.4, 0.5) is 0 Å². The van der Waals surface area contributed by atoms with Gasteiger partial charge in [-0.1, -0.05) is 17.4 Å². The van der Waals surface area contributed by atoms with Gasteiger partial charge in [0.15, 0.2) is 10.5 Å². The number of carbonyl (C=O) groups excluding carboxylic acids is 1. The first-order valence-corrected chi connectivity index (χ1v) is 9.08. The molecule has 0 N–H and O–H groups in total. The summed E-state index contributed by atoms with van der Waals surface area (Å²) < 4.78 is 10.3. The lowest BCUT2D eigenvalue weighted by atomic mass is 10.1. The molecule has 2 aromatic heterocycles. The van der Waals surface area contributed by atoms with E-state index in [9.17, 15) is 4.79 Å². The van der Waals surface area contributed by atoms with E-state index in [1.807, 2.05) is 6.92 Å². The summed E-state index contributed by atoms with van der Waals surface area (Å²) in [6.07, 6.45) is 1.74. The van der Waals surface area contributed by atoms with E-state index in [4.69, 9.17) is 4.74 Å². The van der Waals surface area contributed by atoms with Crippen LogP contribution in [0.5, 0.6) is 0 Å². The Hall–Kier alpha value is -2.25. The fourth-order valence-corrected chi connectivity index (χ4v) is 3.89. The average Bonchev–Trinajstić information content (AvgIpc) is 3.13. The second kappa shape index (κ2) is 7.33. The monoisotopic (exact) mass is 358 g/mol. The summed E-state index contributed by atoms with van der Waals surface area (Å²) in [5.74, 6) is -0.327. The fourth-order valence-electron chi connectivity index (χ4n) is 2.79. The minimum atomic E-state index is -0.327. The Kier molecular flexibility index (Phi) is 5.15. The summed E-state index contributed by atoms with van der Waals surface area (Å²) in [4.78, 5) is 17.5. The number of carbonyl (C=O) groups is 1. The summed E-state index contributed by atoms with van der Waals surface area (Å²) >= 11 is 1.53. The predicted molar refractivity (Wildman–Crippen MR) is 98.9 cm³/mol. The third-order valence-corrected chi connectivity index (χ3v) is 5.14. The Morgan fingerprint density at radius 3 is 2.84 bits per heavy atom. The number of benzene rings is 1. The molecule has 3 aromatic rings. The van der Waals surface area contributed by atoms with Crippen LogP contribution in [0.1, 0.15) is 28.5 Å². The van der Waals surface area contributed by atoms with Crippen LogP contribution in [0.15, 0.2) is 29.4 Å². The van der Waals surface area contributed by atoms with E-state index in [-0.39, 0.29) is 5.91 Å². The van der Waals surface area contributed by atoms with E-state index >= 15 is 0 Å². The van der Waals surface area contributed by atoms with Crippen molar-refractivity contribution < 1.29 is 9.53 Å². The van der Waals surface area contributed by atoms with E-state index in [0.29, 0.717) is 30.3 Å². The van der Waals surface area contributed by atoms with Crippen LogP contribution in [0.25, 0.3) is 10.2 Å². The molecule has 0 unspecified atom stereocenters. The van der Waals surface area contributed by atoms with Gasteiger partial charge in [0.05, 0.1) is 16.8 Å². The summed E-state index contributed by atoms with van der Waals surface area (Å²) in [7, 11) is 1.78. The molecular formula is C18H22N4O2S. The SMILES string of the molecule is CCOCCn1c(=NC(=O)c2ccn(C)n2)sc2c(C)cc(C)cc21. The lowest BCUT2D eigenvalue weighted by Crippen LogP contribution is -2.20. The highest BCUT2D eigenvalue weighted by atomic mass is 32.1. The number of rotatable bonds is 5. The van der Waals surface area contributed by atoms with Gasteiger partial charge >= 0.3 is 0 Å². The van der Waals surface area contributed by atoms with Crippen molar-refractivity contribution in [3.63, 3.8) is 0 Å². The third kappa shape index (κ3) is 3.72. The zero-order valence-electron chi connectivity index (χ0n) is 14.9. The van der Waals surface area contributed by atoms with Crippen LogP contribution < -0.4 is 4.80 Å². The number of aryl methyl sites for hydroxylation is 3.